The quantitative estimate of drug-likeness (QED) is 0.498. The van der Waals surface area contributed by atoms with Gasteiger partial charge in [-0.15, -0.1) is 0 Å². The largest absolute Gasteiger partial charge is 0.464 e. The Morgan fingerprint density at radius 1 is 1.50 bits per heavy atom. The highest BCUT2D eigenvalue weighted by Crippen LogP contribution is 2.20. The van der Waals surface area contributed by atoms with Gasteiger partial charge in [-0.2, -0.15) is 4.99 Å². The second-order valence-electron chi connectivity index (χ2n) is 3.20. The van der Waals surface area contributed by atoms with E-state index >= 15 is 0 Å². The van der Waals surface area contributed by atoms with Gasteiger partial charge >= 0.3 is 6.02 Å². The second kappa shape index (κ2) is 11.3. The van der Waals surface area contributed by atoms with Crippen LogP contribution in [0.5, 0.6) is 0 Å². The third-order valence-electron chi connectivity index (χ3n) is 1.61. The predicted molar refractivity (Wildman–Crippen MR) is 68.3 cm³/mol. The molecule has 1 aliphatic heterocycles. The van der Waals surface area contributed by atoms with E-state index in [1.807, 2.05) is 0 Å². The lowest BCUT2D eigenvalue weighted by Crippen LogP contribution is -2.21. The number of nitrogens with zero attached hydrogens (tertiary/aromatic N) is 2. The topological polar surface area (TPSA) is 110 Å². The molecule has 0 bridgehead atoms. The van der Waals surface area contributed by atoms with Gasteiger partial charge in [0.25, 0.3) is 0 Å². The van der Waals surface area contributed by atoms with Crippen LogP contribution in [-0.4, -0.2) is 54.9 Å². The number of ether oxygens (including phenoxy) is 2. The van der Waals surface area contributed by atoms with E-state index in [9.17, 15) is 4.39 Å². The molecule has 18 heavy (non-hydrogen) atoms. The summed E-state index contributed by atoms with van der Waals surface area (Å²) in [7, 11) is -0.404. The molecule has 0 unspecified atom stereocenters. The van der Waals surface area contributed by atoms with Crippen LogP contribution < -0.4 is 5.73 Å². The number of methoxy groups -OCH3 is 1. The Kier molecular flexibility index (Phi) is 10.8. The normalized spacial score (nSPS) is 14.5. The van der Waals surface area contributed by atoms with Crippen molar-refractivity contribution in [3.8, 4) is 0 Å². The number of amidine groups is 2. The first-order valence-corrected chi connectivity index (χ1v) is 6.73. The Morgan fingerprint density at radius 2 is 2.22 bits per heavy atom. The SMILES string of the molecule is COCP(O)O.NC1=NC(OCCCF)=NCC1. The molecule has 106 valence electrons. The van der Waals surface area contributed by atoms with Crippen molar-refractivity contribution in [2.24, 2.45) is 15.7 Å². The third kappa shape index (κ3) is 10.3. The monoisotopic (exact) mass is 283 g/mol. The summed E-state index contributed by atoms with van der Waals surface area (Å²) in [5.41, 5.74) is 5.44. The standard InChI is InChI=1S/C7H12FN3O.C2H7O3P/c8-3-1-5-12-7-10-4-2-6(9)11-7;1-5-2-6(3)4/h1-5H2,(H2,9,10,11);3-4H,2H2,1H3. The van der Waals surface area contributed by atoms with Crippen LogP contribution >= 0.6 is 8.38 Å². The van der Waals surface area contributed by atoms with Crippen LogP contribution in [0, 0.1) is 0 Å². The van der Waals surface area contributed by atoms with E-state index in [4.69, 9.17) is 20.3 Å². The molecule has 1 aliphatic rings. The van der Waals surface area contributed by atoms with Gasteiger partial charge in [-0.3, -0.25) is 4.39 Å². The summed E-state index contributed by atoms with van der Waals surface area (Å²) >= 11 is 0. The Bertz CT molecular complexity index is 277. The van der Waals surface area contributed by atoms with Crippen molar-refractivity contribution in [3.05, 3.63) is 0 Å². The van der Waals surface area contributed by atoms with E-state index < -0.39 is 8.38 Å². The van der Waals surface area contributed by atoms with Crippen molar-refractivity contribution in [2.75, 3.05) is 33.3 Å². The average Bonchev–Trinajstić information content (AvgIpc) is 2.30. The molecule has 1 rings (SSSR count). The smallest absolute Gasteiger partial charge is 0.313 e. The number of hydrogen-bond donors (Lipinski definition) is 3. The molecule has 0 amide bonds. The minimum absolute atomic E-state index is 0.0509. The fourth-order valence-electron chi connectivity index (χ4n) is 0.892. The van der Waals surface area contributed by atoms with E-state index in [0.717, 1.165) is 0 Å². The Morgan fingerprint density at radius 3 is 2.67 bits per heavy atom. The van der Waals surface area contributed by atoms with Crippen LogP contribution in [0.15, 0.2) is 9.98 Å². The molecular weight excluding hydrogens is 264 g/mol. The number of alkyl halides is 1. The minimum atomic E-state index is -1.82. The van der Waals surface area contributed by atoms with Gasteiger partial charge in [0.05, 0.1) is 19.8 Å². The molecule has 0 aliphatic carbocycles. The zero-order valence-corrected chi connectivity index (χ0v) is 11.1. The second-order valence-corrected chi connectivity index (χ2v) is 4.20. The zero-order chi connectivity index (χ0) is 13.8. The molecule has 0 saturated carbocycles. The van der Waals surface area contributed by atoms with Gasteiger partial charge in [0, 0.05) is 20.0 Å². The maximum atomic E-state index is 11.6. The molecule has 4 N–H and O–H groups in total. The predicted octanol–water partition coefficient (Wildman–Crippen LogP) is 0.366. The molecule has 0 aromatic rings. The van der Waals surface area contributed by atoms with Crippen molar-refractivity contribution in [1.29, 1.82) is 0 Å². The zero-order valence-electron chi connectivity index (χ0n) is 10.3. The minimum Gasteiger partial charge on any atom is -0.464 e. The molecule has 0 saturated heterocycles. The van der Waals surface area contributed by atoms with Gasteiger partial charge in [-0.05, 0) is 0 Å². The highest BCUT2D eigenvalue weighted by Gasteiger charge is 2.05. The van der Waals surface area contributed by atoms with Crippen molar-refractivity contribution in [3.63, 3.8) is 0 Å². The van der Waals surface area contributed by atoms with Gasteiger partial charge in [0.15, 0.2) is 8.38 Å². The third-order valence-corrected chi connectivity index (χ3v) is 2.10. The van der Waals surface area contributed by atoms with E-state index in [2.05, 4.69) is 14.7 Å². The van der Waals surface area contributed by atoms with Gasteiger partial charge in [0.1, 0.15) is 12.2 Å². The van der Waals surface area contributed by atoms with Crippen molar-refractivity contribution in [1.82, 2.24) is 0 Å². The molecule has 0 atom stereocenters. The average molecular weight is 283 g/mol. The molecule has 7 nitrogen and oxygen atoms in total. The fraction of sp³-hybridized carbons (Fsp3) is 0.778. The van der Waals surface area contributed by atoms with Crippen LogP contribution in [0.1, 0.15) is 12.8 Å². The summed E-state index contributed by atoms with van der Waals surface area (Å²) in [5, 5.41) is 0. The first-order valence-electron chi connectivity index (χ1n) is 5.30. The van der Waals surface area contributed by atoms with E-state index in [1.165, 1.54) is 7.11 Å². The first-order chi connectivity index (χ1) is 8.60. The van der Waals surface area contributed by atoms with Crippen molar-refractivity contribution in [2.45, 2.75) is 12.8 Å². The summed E-state index contributed by atoms with van der Waals surface area (Å²) < 4.78 is 21.0. The molecule has 9 heteroatoms. The van der Waals surface area contributed by atoms with Gasteiger partial charge in [-0.25, -0.2) is 4.99 Å². The summed E-state index contributed by atoms with van der Waals surface area (Å²) in [6, 6.07) is 0.284. The molecule has 0 aromatic heterocycles. The Balaban J connectivity index is 0.000000411. The van der Waals surface area contributed by atoms with Crippen molar-refractivity contribution >= 4 is 20.2 Å². The highest BCUT2D eigenvalue weighted by molar-refractivity contribution is 7.44. The lowest BCUT2D eigenvalue weighted by atomic mass is 10.4. The van der Waals surface area contributed by atoms with Crippen LogP contribution in [0.2, 0.25) is 0 Å². The van der Waals surface area contributed by atoms with E-state index in [1.54, 1.807) is 0 Å². The fourth-order valence-corrected chi connectivity index (χ4v) is 1.12. The number of rotatable bonds is 5. The van der Waals surface area contributed by atoms with Crippen LogP contribution in [0.4, 0.5) is 4.39 Å². The highest BCUT2D eigenvalue weighted by atomic mass is 31.2. The maximum absolute atomic E-state index is 11.6. The Labute approximate surface area is 106 Å². The summed E-state index contributed by atoms with van der Waals surface area (Å²) in [6.07, 6.45) is 1.10. The van der Waals surface area contributed by atoms with E-state index in [0.29, 0.717) is 31.8 Å². The molecule has 1 heterocycles. The summed E-state index contributed by atoms with van der Waals surface area (Å²) in [4.78, 5) is 23.9. The lowest BCUT2D eigenvalue weighted by Gasteiger charge is -2.08. The molecular formula is C9H19FN3O4P. The van der Waals surface area contributed by atoms with Crippen LogP contribution in [0.3, 0.4) is 0 Å². The number of hydrogen-bond acceptors (Lipinski definition) is 7. The van der Waals surface area contributed by atoms with Gasteiger partial charge < -0.3 is 25.0 Å². The van der Waals surface area contributed by atoms with Crippen molar-refractivity contribution < 1.29 is 23.7 Å². The lowest BCUT2D eigenvalue weighted by molar-refractivity contribution is 0.236. The number of aliphatic imine (C=N–C) groups is 2. The Hall–Kier alpha value is -0.820. The summed E-state index contributed by atoms with van der Waals surface area (Å²) in [6.45, 7) is 0.541. The molecule has 0 aromatic carbocycles. The van der Waals surface area contributed by atoms with Gasteiger partial charge in [-0.1, -0.05) is 0 Å². The first kappa shape index (κ1) is 17.2. The summed E-state index contributed by atoms with van der Waals surface area (Å²) in [5.74, 6) is 0.528. The number of nitrogens with two attached hydrogens (primary N) is 1. The van der Waals surface area contributed by atoms with Crippen LogP contribution in [-0.2, 0) is 9.47 Å². The van der Waals surface area contributed by atoms with E-state index in [-0.39, 0.29) is 19.0 Å². The maximum Gasteiger partial charge on any atom is 0.313 e. The number of halogens is 1. The molecule has 0 spiro atoms. The molecule has 0 radical (unpaired) electrons. The van der Waals surface area contributed by atoms with Crippen LogP contribution in [0.25, 0.3) is 0 Å². The molecule has 0 fully saturated rings. The van der Waals surface area contributed by atoms with Gasteiger partial charge in [0.2, 0.25) is 0 Å².